The molecule has 0 spiro atoms. The number of imidazole rings is 1. The average Bonchev–Trinajstić information content (AvgIpc) is 3.35. The van der Waals surface area contributed by atoms with Crippen molar-refractivity contribution in [1.82, 2.24) is 9.88 Å². The number of pyridine rings is 1. The molecule has 2 rings (SSSR count). The molecule has 0 aromatic carbocycles. The van der Waals surface area contributed by atoms with Crippen LogP contribution in [0.25, 0.3) is 0 Å². The number of nitrogens with zero attached hydrogens (tertiary/aromatic N) is 3. The monoisotopic (exact) mass is 803 g/mol. The summed E-state index contributed by atoms with van der Waals surface area (Å²) in [4.78, 5) is 5.13. The molecule has 7 heteroatoms. The summed E-state index contributed by atoms with van der Waals surface area (Å²) in [6, 6.07) is 6.00. The first-order chi connectivity index (χ1) is 18.0. The van der Waals surface area contributed by atoms with E-state index in [4.69, 9.17) is 0 Å². The van der Waals surface area contributed by atoms with Crippen LogP contribution in [0.2, 0.25) is 0 Å². The number of nitrogens with one attached hydrogen (secondary N) is 1. The molecule has 2 aromatic rings. The number of aromatic nitrogens is 3. The van der Waals surface area contributed by atoms with Crippen LogP contribution in [0.5, 0.6) is 0 Å². The fraction of sp³-hybridized carbons (Fsp3) is 0.765. The summed E-state index contributed by atoms with van der Waals surface area (Å²) in [5, 5.41) is 0. The third-order valence-electron chi connectivity index (χ3n) is 5.21. The summed E-state index contributed by atoms with van der Waals surface area (Å²) in [5.41, 5.74) is 0. The fourth-order valence-corrected chi connectivity index (χ4v) is 2.89. The molecule has 0 saturated carbocycles. The van der Waals surface area contributed by atoms with Gasteiger partial charge in [-0.3, -0.25) is 4.98 Å². The molecule has 0 fully saturated rings. The molecule has 0 saturated heterocycles. The predicted molar refractivity (Wildman–Crippen MR) is 172 cm³/mol. The van der Waals surface area contributed by atoms with Gasteiger partial charge in [-0.15, -0.1) is 0 Å². The van der Waals surface area contributed by atoms with Crippen LogP contribution in [-0.4, -0.2) is 30.5 Å². The Bertz CT molecular complexity index is 600. The molecule has 4 nitrogen and oxygen atoms in total. The van der Waals surface area contributed by atoms with E-state index in [1.54, 1.807) is 0 Å². The van der Waals surface area contributed by atoms with Gasteiger partial charge in [0.1, 0.15) is 19.4 Å². The first kappa shape index (κ1) is 58.2. The number of hydrogen-bond donors (Lipinski definition) is 1. The van der Waals surface area contributed by atoms with Gasteiger partial charge < -0.3 is 4.90 Å². The van der Waals surface area contributed by atoms with E-state index >= 15 is 0 Å². The van der Waals surface area contributed by atoms with E-state index in [0.717, 1.165) is 17.8 Å². The van der Waals surface area contributed by atoms with Gasteiger partial charge in [-0.05, 0) is 51.2 Å². The van der Waals surface area contributed by atoms with Gasteiger partial charge in [0, 0.05) is 110 Å². The summed E-state index contributed by atoms with van der Waals surface area (Å²) in [6.07, 6.45) is 20.7. The molecule has 235 valence electrons. The number of aromatic amines is 1. The van der Waals surface area contributed by atoms with E-state index in [1.165, 1.54) is 57.9 Å². The Morgan fingerprint density at radius 2 is 1.00 bits per heavy atom. The van der Waals surface area contributed by atoms with Gasteiger partial charge in [-0.1, -0.05) is 114 Å². The smallest absolute Gasteiger partial charge is 0.241 e. The number of H-pyrrole nitrogens is 1. The zero-order chi connectivity index (χ0) is 30.2. The normalized spacial score (nSPS) is 8.93. The molecule has 0 aliphatic rings. The minimum absolute atomic E-state index is 0. The Hall–Kier alpha value is 1.63. The fourth-order valence-electron chi connectivity index (χ4n) is 2.89. The van der Waals surface area contributed by atoms with E-state index < -0.39 is 0 Å². The molecule has 1 N–H and O–H groups in total. The van der Waals surface area contributed by atoms with Crippen molar-refractivity contribution in [2.24, 2.45) is 31.8 Å². The largest absolute Gasteiger partial charge is 0.309 e. The Kier molecular flexibility index (Phi) is 68.9. The topological polar surface area (TPSA) is 26.8 Å². The molecule has 0 bridgehead atoms. The number of hydrogen-bond acceptors (Lipinski definition) is 1. The maximum Gasteiger partial charge on any atom is 0.241 e. The number of unbranched alkanes of at least 4 members (excludes halogenated alkanes) is 2. The van der Waals surface area contributed by atoms with Crippen LogP contribution in [0.3, 0.4) is 0 Å². The van der Waals surface area contributed by atoms with E-state index in [1.807, 2.05) is 86.4 Å². The molecular weight excluding hydrogens is 731 g/mol. The van der Waals surface area contributed by atoms with Gasteiger partial charge >= 0.3 is 0 Å². The zero-order valence-corrected chi connectivity index (χ0v) is 38.8. The maximum absolute atomic E-state index is 2.89. The minimum atomic E-state index is 0. The number of aryl methyl sites for hydroxylation is 2. The summed E-state index contributed by atoms with van der Waals surface area (Å²) in [7, 11) is 8.22. The van der Waals surface area contributed by atoms with Crippen LogP contribution in [0, 0.1) is 17.8 Å². The van der Waals surface area contributed by atoms with Gasteiger partial charge in [-0.25, -0.2) is 9.13 Å². The van der Waals surface area contributed by atoms with Crippen molar-refractivity contribution in [3.05, 3.63) is 49.3 Å². The van der Waals surface area contributed by atoms with Crippen LogP contribution in [0.4, 0.5) is 0 Å². The zero-order valence-electron chi connectivity index (χ0n) is 30.3. The Morgan fingerprint density at radius 3 is 1.17 bits per heavy atom. The van der Waals surface area contributed by atoms with Gasteiger partial charge in [0.05, 0.1) is 7.05 Å². The first-order valence-electron chi connectivity index (χ1n) is 15.5. The summed E-state index contributed by atoms with van der Waals surface area (Å²) < 4.78 is 3.94. The van der Waals surface area contributed by atoms with Crippen LogP contribution in [0.1, 0.15) is 121 Å². The maximum atomic E-state index is 2.89. The number of rotatable bonds is 10. The minimum Gasteiger partial charge on any atom is -0.309 e. The quantitative estimate of drug-likeness (QED) is 0.239. The second-order valence-corrected chi connectivity index (χ2v) is 11.2. The van der Waals surface area contributed by atoms with Crippen LogP contribution in [0.15, 0.2) is 49.3 Å². The molecule has 0 unspecified atom stereocenters. The second kappa shape index (κ2) is 48.5. The SMILES string of the molecule is CC.CC(C)CCCN(C)C.CCCCC(C)C.CCCCC(C)C.C[n+]1cc[nH]c1.C[n+]1ccccc1.[Y].[Y].[Y]. The van der Waals surface area contributed by atoms with Crippen molar-refractivity contribution in [2.75, 3.05) is 20.6 Å². The summed E-state index contributed by atoms with van der Waals surface area (Å²) >= 11 is 0. The Morgan fingerprint density at radius 1 is 0.610 bits per heavy atom. The van der Waals surface area contributed by atoms with E-state index in [2.05, 4.69) is 79.4 Å². The van der Waals surface area contributed by atoms with Crippen molar-refractivity contribution >= 4 is 0 Å². The van der Waals surface area contributed by atoms with Crippen molar-refractivity contribution in [1.29, 1.82) is 0 Å². The van der Waals surface area contributed by atoms with E-state index in [9.17, 15) is 0 Å². The third-order valence-corrected chi connectivity index (χ3v) is 5.21. The van der Waals surface area contributed by atoms with Crippen LogP contribution in [-0.2, 0) is 112 Å². The first-order valence-corrected chi connectivity index (χ1v) is 15.5. The third kappa shape index (κ3) is 69.7. The molecule has 41 heavy (non-hydrogen) atoms. The van der Waals surface area contributed by atoms with Crippen LogP contribution < -0.4 is 9.13 Å². The van der Waals surface area contributed by atoms with Gasteiger partial charge in [0.2, 0.25) is 6.33 Å². The second-order valence-electron chi connectivity index (χ2n) is 11.2. The molecule has 0 amide bonds. The molecule has 2 heterocycles. The average molecular weight is 804 g/mol. The Balaban J connectivity index is -0.0000000684. The Labute approximate surface area is 335 Å². The van der Waals surface area contributed by atoms with Gasteiger partial charge in [0.25, 0.3) is 0 Å². The predicted octanol–water partition coefficient (Wildman–Crippen LogP) is 9.02. The molecule has 0 aliphatic carbocycles. The molecular formula is C34H72N4Y3+2. The molecule has 0 atom stereocenters. The van der Waals surface area contributed by atoms with E-state index in [0.29, 0.717) is 0 Å². The standard InChI is InChI=1S/C8H19N.2C7H16.C6H8N.C4H6N2.C2H6.3Y/c1-8(2)6-5-7-9(3)4;2*1-4-5-6-7(2)3;1-7-5-3-2-4-6-7;1-6-3-2-5-4-6;1-2;;;/h8H,5-7H2,1-4H3;2*7H,4-6H2,1-3H3;2-6H,1H3;2-4H,1H3;1-2H3;;;/q;;;+1;;;;;/p+1. The van der Waals surface area contributed by atoms with Crippen molar-refractivity contribution in [2.45, 2.75) is 121 Å². The molecule has 3 radical (unpaired) electrons. The summed E-state index contributed by atoms with van der Waals surface area (Å²) in [5.74, 6) is 2.67. The van der Waals surface area contributed by atoms with Crippen molar-refractivity contribution in [3.8, 4) is 0 Å². The molecule has 0 aliphatic heterocycles. The summed E-state index contributed by atoms with van der Waals surface area (Å²) in [6.45, 7) is 23.4. The van der Waals surface area contributed by atoms with Crippen LogP contribution >= 0.6 is 0 Å². The van der Waals surface area contributed by atoms with Crippen molar-refractivity contribution in [3.63, 3.8) is 0 Å². The van der Waals surface area contributed by atoms with Gasteiger partial charge in [-0.2, -0.15) is 0 Å². The van der Waals surface area contributed by atoms with Crippen molar-refractivity contribution < 1.29 is 107 Å². The molecule has 2 aromatic heterocycles. The van der Waals surface area contributed by atoms with Gasteiger partial charge in [0.15, 0.2) is 12.4 Å². The van der Waals surface area contributed by atoms with E-state index in [-0.39, 0.29) is 98.1 Å².